The van der Waals surface area contributed by atoms with Gasteiger partial charge in [0.15, 0.2) is 5.82 Å². The van der Waals surface area contributed by atoms with Gasteiger partial charge in [-0.25, -0.2) is 4.68 Å². The van der Waals surface area contributed by atoms with Gasteiger partial charge in [0, 0.05) is 23.4 Å². The third kappa shape index (κ3) is 3.16. The Hall–Kier alpha value is -4.21. The van der Waals surface area contributed by atoms with E-state index in [9.17, 15) is 20.0 Å². The summed E-state index contributed by atoms with van der Waals surface area (Å²) in [5.41, 5.74) is 7.37. The van der Waals surface area contributed by atoms with Crippen molar-refractivity contribution in [2.24, 2.45) is 5.73 Å². The zero-order valence-electron chi connectivity index (χ0n) is 15.2. The van der Waals surface area contributed by atoms with E-state index < -0.39 is 16.9 Å². The van der Waals surface area contributed by atoms with Gasteiger partial charge in [0.25, 0.3) is 5.69 Å². The Morgan fingerprint density at radius 3 is 2.72 bits per heavy atom. The van der Waals surface area contributed by atoms with Gasteiger partial charge in [0.2, 0.25) is 11.9 Å². The lowest BCUT2D eigenvalue weighted by Crippen LogP contribution is -2.31. The van der Waals surface area contributed by atoms with Crippen molar-refractivity contribution in [1.29, 1.82) is 0 Å². The summed E-state index contributed by atoms with van der Waals surface area (Å²) in [5.74, 6) is -0.00769. The zero-order valence-corrected chi connectivity index (χ0v) is 15.2. The number of phenolic OH excluding ortho intramolecular Hbond substituents is 1. The fourth-order valence-corrected chi connectivity index (χ4v) is 3.35. The molecule has 146 valence electrons. The summed E-state index contributed by atoms with van der Waals surface area (Å²) in [6.45, 7) is 1.70. The average molecular weight is 392 g/mol. The van der Waals surface area contributed by atoms with Crippen LogP contribution in [0, 0.1) is 10.1 Å². The van der Waals surface area contributed by atoms with Crippen molar-refractivity contribution in [3.05, 3.63) is 75.5 Å². The van der Waals surface area contributed by atoms with Crippen molar-refractivity contribution in [3.63, 3.8) is 0 Å². The fourth-order valence-electron chi connectivity index (χ4n) is 3.35. The number of nitrogens with two attached hydrogens (primary N) is 1. The number of nitro benzene ring substituents is 1. The Morgan fingerprint density at radius 2 is 2.03 bits per heavy atom. The van der Waals surface area contributed by atoms with Crippen LogP contribution in [0.4, 0.5) is 11.6 Å². The monoisotopic (exact) mass is 392 g/mol. The largest absolute Gasteiger partial charge is 0.508 e. The Morgan fingerprint density at radius 1 is 1.28 bits per heavy atom. The van der Waals surface area contributed by atoms with E-state index in [1.165, 1.54) is 28.9 Å². The number of hydrogen-bond acceptors (Lipinski definition) is 7. The minimum atomic E-state index is -0.712. The van der Waals surface area contributed by atoms with E-state index in [0.717, 1.165) is 0 Å². The summed E-state index contributed by atoms with van der Waals surface area (Å²) in [4.78, 5) is 27.2. The van der Waals surface area contributed by atoms with Crippen LogP contribution in [-0.4, -0.2) is 30.7 Å². The maximum Gasteiger partial charge on any atom is 0.270 e. The number of fused-ring (bicyclic) bond motifs is 1. The van der Waals surface area contributed by atoms with Crippen molar-refractivity contribution in [2.75, 3.05) is 5.32 Å². The molecule has 1 aliphatic heterocycles. The molecule has 0 bridgehead atoms. The second-order valence-corrected chi connectivity index (χ2v) is 6.54. The number of primary amides is 1. The predicted molar refractivity (Wildman–Crippen MR) is 104 cm³/mol. The predicted octanol–water partition coefficient (Wildman–Crippen LogP) is 2.33. The van der Waals surface area contributed by atoms with Crippen LogP contribution in [0.2, 0.25) is 0 Å². The number of aromatic hydroxyl groups is 1. The molecule has 2 aromatic carbocycles. The molecule has 0 saturated carbocycles. The molecule has 0 spiro atoms. The van der Waals surface area contributed by atoms with Crippen molar-refractivity contribution < 1.29 is 14.8 Å². The van der Waals surface area contributed by atoms with Crippen LogP contribution in [0.15, 0.2) is 59.8 Å². The van der Waals surface area contributed by atoms with E-state index >= 15 is 0 Å². The van der Waals surface area contributed by atoms with Gasteiger partial charge in [-0.15, -0.1) is 5.10 Å². The van der Waals surface area contributed by atoms with Gasteiger partial charge in [-0.05, 0) is 24.6 Å². The molecule has 10 nitrogen and oxygen atoms in total. The van der Waals surface area contributed by atoms with Crippen LogP contribution in [0.5, 0.6) is 5.75 Å². The molecule has 1 aliphatic rings. The van der Waals surface area contributed by atoms with Crippen molar-refractivity contribution in [1.82, 2.24) is 14.8 Å². The molecular formula is C19H16N6O4. The maximum atomic E-state index is 12.2. The molecule has 3 aromatic rings. The number of hydrogen-bond donors (Lipinski definition) is 3. The molecule has 10 heteroatoms. The zero-order chi connectivity index (χ0) is 20.7. The number of carbonyl (C=O) groups excluding carboxylic acids is 1. The molecule has 0 saturated heterocycles. The van der Waals surface area contributed by atoms with Crippen LogP contribution < -0.4 is 11.1 Å². The molecular weight excluding hydrogens is 376 g/mol. The lowest BCUT2D eigenvalue weighted by molar-refractivity contribution is -0.384. The molecule has 29 heavy (non-hydrogen) atoms. The third-order valence-electron chi connectivity index (χ3n) is 4.62. The van der Waals surface area contributed by atoms with E-state index in [2.05, 4.69) is 15.4 Å². The number of rotatable bonds is 4. The number of benzene rings is 2. The number of amides is 1. The number of aromatic nitrogens is 3. The van der Waals surface area contributed by atoms with Crippen LogP contribution in [-0.2, 0) is 4.79 Å². The number of nitro groups is 1. The lowest BCUT2D eigenvalue weighted by Gasteiger charge is -2.27. The quantitative estimate of drug-likeness (QED) is 0.455. The summed E-state index contributed by atoms with van der Waals surface area (Å²) >= 11 is 0. The van der Waals surface area contributed by atoms with Crippen LogP contribution in [0.1, 0.15) is 18.5 Å². The minimum Gasteiger partial charge on any atom is -0.508 e. The smallest absolute Gasteiger partial charge is 0.270 e. The highest BCUT2D eigenvalue weighted by molar-refractivity contribution is 5.95. The van der Waals surface area contributed by atoms with Crippen molar-refractivity contribution >= 4 is 17.5 Å². The van der Waals surface area contributed by atoms with E-state index in [0.29, 0.717) is 22.8 Å². The standard InChI is InChI=1S/C19H16N6O4/c1-10-15(17(20)27)16(11-4-3-7-14(26)9-11)24-19(21-10)22-18(23-24)12-5-2-6-13(8-12)25(28)29/h2-9,16,26H,1H3,(H2,20,27)(H,21,22,23). The highest BCUT2D eigenvalue weighted by Crippen LogP contribution is 2.37. The maximum absolute atomic E-state index is 12.2. The molecule has 1 unspecified atom stereocenters. The summed E-state index contributed by atoms with van der Waals surface area (Å²) in [6, 6.07) is 11.7. The Balaban J connectivity index is 1.88. The number of nitrogens with zero attached hydrogens (tertiary/aromatic N) is 4. The number of phenols is 1. The molecule has 4 rings (SSSR count). The molecule has 1 atom stereocenters. The first kappa shape index (κ1) is 18.2. The summed E-state index contributed by atoms with van der Waals surface area (Å²) < 4.78 is 1.48. The average Bonchev–Trinajstić information content (AvgIpc) is 3.10. The van der Waals surface area contributed by atoms with Gasteiger partial charge in [0.05, 0.1) is 10.5 Å². The summed E-state index contributed by atoms with van der Waals surface area (Å²) in [6.07, 6.45) is 0. The SMILES string of the molecule is CC1=C(C(N)=O)C(c2cccc(O)c2)n2nc(-c3cccc([N+](=O)[O-])c3)nc2N1. The topological polar surface area (TPSA) is 149 Å². The van der Waals surface area contributed by atoms with E-state index in [-0.39, 0.29) is 22.8 Å². The molecule has 0 aliphatic carbocycles. The van der Waals surface area contributed by atoms with Crippen LogP contribution in [0.3, 0.4) is 0 Å². The molecule has 1 amide bonds. The number of anilines is 1. The molecule has 0 fully saturated rings. The molecule has 4 N–H and O–H groups in total. The molecule has 2 heterocycles. The van der Waals surface area contributed by atoms with Crippen LogP contribution in [0.25, 0.3) is 11.4 Å². The summed E-state index contributed by atoms with van der Waals surface area (Å²) in [7, 11) is 0. The van der Waals surface area contributed by atoms with Gasteiger partial charge in [-0.3, -0.25) is 14.9 Å². The number of non-ortho nitro benzene ring substituents is 1. The number of allylic oxidation sites excluding steroid dienone is 1. The highest BCUT2D eigenvalue weighted by atomic mass is 16.6. The lowest BCUT2D eigenvalue weighted by atomic mass is 9.95. The van der Waals surface area contributed by atoms with E-state index in [1.54, 1.807) is 31.2 Å². The third-order valence-corrected chi connectivity index (χ3v) is 4.62. The first-order valence-corrected chi connectivity index (χ1v) is 8.63. The minimum absolute atomic E-state index is 0.0306. The van der Waals surface area contributed by atoms with E-state index in [4.69, 9.17) is 5.73 Å². The second-order valence-electron chi connectivity index (χ2n) is 6.54. The number of carbonyl (C=O) groups is 1. The number of nitrogens with one attached hydrogen (secondary N) is 1. The molecule has 1 aromatic heterocycles. The van der Waals surface area contributed by atoms with Gasteiger partial charge >= 0.3 is 0 Å². The Labute approximate surface area is 164 Å². The van der Waals surface area contributed by atoms with Crippen LogP contribution >= 0.6 is 0 Å². The van der Waals surface area contributed by atoms with Crippen molar-refractivity contribution in [2.45, 2.75) is 13.0 Å². The molecule has 0 radical (unpaired) electrons. The van der Waals surface area contributed by atoms with Gasteiger partial charge in [0.1, 0.15) is 11.8 Å². The fraction of sp³-hybridized carbons (Fsp3) is 0.105. The Bertz CT molecular complexity index is 1180. The van der Waals surface area contributed by atoms with E-state index in [1.807, 2.05) is 0 Å². The van der Waals surface area contributed by atoms with Gasteiger partial charge in [-0.1, -0.05) is 24.3 Å². The second kappa shape index (κ2) is 6.75. The summed E-state index contributed by atoms with van der Waals surface area (Å²) in [5, 5.41) is 28.4. The first-order chi connectivity index (χ1) is 13.8. The Kier molecular flexibility index (Phi) is 4.23. The van der Waals surface area contributed by atoms with Gasteiger partial charge < -0.3 is 16.2 Å². The highest BCUT2D eigenvalue weighted by Gasteiger charge is 2.33. The normalized spacial score (nSPS) is 15.6. The first-order valence-electron chi connectivity index (χ1n) is 8.63. The van der Waals surface area contributed by atoms with Crippen molar-refractivity contribution in [3.8, 4) is 17.1 Å². The van der Waals surface area contributed by atoms with Gasteiger partial charge in [-0.2, -0.15) is 4.98 Å².